The van der Waals surface area contributed by atoms with Gasteiger partial charge >= 0.3 is 0 Å². The second-order valence-electron chi connectivity index (χ2n) is 4.66. The first-order valence-electron chi connectivity index (χ1n) is 6.17. The van der Waals surface area contributed by atoms with E-state index in [1.54, 1.807) is 0 Å². The molecule has 2 unspecified atom stereocenters. The third kappa shape index (κ3) is 3.86. The van der Waals surface area contributed by atoms with Gasteiger partial charge in [0.25, 0.3) is 0 Å². The van der Waals surface area contributed by atoms with Crippen molar-refractivity contribution in [2.45, 2.75) is 39.3 Å². The molecule has 0 aliphatic carbocycles. The van der Waals surface area contributed by atoms with Gasteiger partial charge in [-0.25, -0.2) is 0 Å². The average Bonchev–Trinajstić information content (AvgIpc) is 2.35. The van der Waals surface area contributed by atoms with Gasteiger partial charge in [-0.05, 0) is 17.9 Å². The van der Waals surface area contributed by atoms with Crippen LogP contribution in [-0.4, -0.2) is 11.9 Å². The Morgan fingerprint density at radius 1 is 1.29 bits per heavy atom. The summed E-state index contributed by atoms with van der Waals surface area (Å²) in [6.45, 7) is 6.10. The van der Waals surface area contributed by atoms with Crippen LogP contribution in [-0.2, 0) is 4.79 Å². The van der Waals surface area contributed by atoms with Crippen LogP contribution in [0.25, 0.3) is 0 Å². The van der Waals surface area contributed by atoms with Gasteiger partial charge in [-0.15, -0.1) is 0 Å². The lowest BCUT2D eigenvalue weighted by atomic mass is 9.95. The number of nitrogens with two attached hydrogens (primary N) is 1. The molecule has 1 amide bonds. The molecular weight excluding hydrogens is 212 g/mol. The highest BCUT2D eigenvalue weighted by molar-refractivity contribution is 5.81. The molecule has 0 heterocycles. The maximum Gasteiger partial charge on any atom is 0.237 e. The van der Waals surface area contributed by atoms with Crippen molar-refractivity contribution < 1.29 is 4.79 Å². The van der Waals surface area contributed by atoms with Gasteiger partial charge < -0.3 is 11.1 Å². The molecule has 0 aromatic heterocycles. The summed E-state index contributed by atoms with van der Waals surface area (Å²) in [4.78, 5) is 11.8. The van der Waals surface area contributed by atoms with Crippen LogP contribution < -0.4 is 11.1 Å². The van der Waals surface area contributed by atoms with E-state index in [-0.39, 0.29) is 11.9 Å². The van der Waals surface area contributed by atoms with Crippen molar-refractivity contribution in [2.24, 2.45) is 11.7 Å². The molecule has 3 heteroatoms. The van der Waals surface area contributed by atoms with Crippen LogP contribution in [0.2, 0.25) is 0 Å². The molecule has 0 bridgehead atoms. The van der Waals surface area contributed by atoms with E-state index in [1.165, 1.54) is 0 Å². The van der Waals surface area contributed by atoms with E-state index in [0.717, 1.165) is 5.56 Å². The second-order valence-corrected chi connectivity index (χ2v) is 4.66. The largest absolute Gasteiger partial charge is 0.348 e. The van der Waals surface area contributed by atoms with E-state index in [4.69, 9.17) is 5.73 Å². The van der Waals surface area contributed by atoms with Crippen molar-refractivity contribution in [3.8, 4) is 0 Å². The molecule has 0 fully saturated rings. The fourth-order valence-corrected chi connectivity index (χ4v) is 1.74. The summed E-state index contributed by atoms with van der Waals surface area (Å²) < 4.78 is 0. The number of amides is 1. The first-order chi connectivity index (χ1) is 8.06. The zero-order valence-electron chi connectivity index (χ0n) is 10.8. The van der Waals surface area contributed by atoms with Gasteiger partial charge in [-0.1, -0.05) is 51.1 Å². The van der Waals surface area contributed by atoms with Gasteiger partial charge in [0.15, 0.2) is 0 Å². The fourth-order valence-electron chi connectivity index (χ4n) is 1.74. The average molecular weight is 234 g/mol. The highest BCUT2D eigenvalue weighted by Crippen LogP contribution is 2.21. The quantitative estimate of drug-likeness (QED) is 0.821. The molecule has 0 aliphatic rings. The Kier molecular flexibility index (Phi) is 5.16. The maximum absolute atomic E-state index is 11.8. The molecule has 0 saturated heterocycles. The minimum atomic E-state index is -0.417. The van der Waals surface area contributed by atoms with Gasteiger partial charge in [0.05, 0.1) is 12.1 Å². The monoisotopic (exact) mass is 234 g/mol. The van der Waals surface area contributed by atoms with Gasteiger partial charge in [0, 0.05) is 0 Å². The van der Waals surface area contributed by atoms with Crippen LogP contribution in [0, 0.1) is 5.92 Å². The summed E-state index contributed by atoms with van der Waals surface area (Å²) in [6, 6.07) is 9.61. The van der Waals surface area contributed by atoms with E-state index in [9.17, 15) is 4.79 Å². The Morgan fingerprint density at radius 3 is 2.35 bits per heavy atom. The second kappa shape index (κ2) is 6.40. The standard InChI is InChI=1S/C14H22N2O/c1-4-12(15)14(17)16-13(10(2)3)11-8-6-5-7-9-11/h5-10,12-13H,4,15H2,1-3H3,(H,16,17). The molecule has 1 rings (SSSR count). The minimum Gasteiger partial charge on any atom is -0.348 e. The minimum absolute atomic E-state index is 0.0290. The first kappa shape index (κ1) is 13.7. The molecule has 0 aliphatic heterocycles. The van der Waals surface area contributed by atoms with Crippen molar-refractivity contribution in [2.75, 3.05) is 0 Å². The lowest BCUT2D eigenvalue weighted by Crippen LogP contribution is -2.43. The summed E-state index contributed by atoms with van der Waals surface area (Å²) in [5, 5.41) is 3.02. The molecular formula is C14H22N2O. The molecule has 3 nitrogen and oxygen atoms in total. The van der Waals surface area contributed by atoms with Crippen molar-refractivity contribution in [3.63, 3.8) is 0 Å². The molecule has 0 spiro atoms. The smallest absolute Gasteiger partial charge is 0.237 e. The van der Waals surface area contributed by atoms with E-state index in [2.05, 4.69) is 19.2 Å². The summed E-state index contributed by atoms with van der Waals surface area (Å²) >= 11 is 0. The van der Waals surface area contributed by atoms with Crippen molar-refractivity contribution >= 4 is 5.91 Å². The number of carbonyl (C=O) groups is 1. The topological polar surface area (TPSA) is 55.1 Å². The number of hydrogen-bond donors (Lipinski definition) is 2. The zero-order valence-corrected chi connectivity index (χ0v) is 10.8. The predicted molar refractivity (Wildman–Crippen MR) is 70.4 cm³/mol. The van der Waals surface area contributed by atoms with Crippen LogP contribution in [0.3, 0.4) is 0 Å². The molecule has 94 valence electrons. The number of hydrogen-bond acceptors (Lipinski definition) is 2. The van der Waals surface area contributed by atoms with Crippen LogP contribution >= 0.6 is 0 Å². The normalized spacial score (nSPS) is 14.4. The molecule has 1 aromatic carbocycles. The Balaban J connectivity index is 2.78. The third-order valence-corrected chi connectivity index (χ3v) is 2.90. The van der Waals surface area contributed by atoms with E-state index in [0.29, 0.717) is 12.3 Å². The van der Waals surface area contributed by atoms with Crippen LogP contribution in [0.5, 0.6) is 0 Å². The van der Waals surface area contributed by atoms with Gasteiger partial charge in [-0.2, -0.15) is 0 Å². The maximum atomic E-state index is 11.8. The van der Waals surface area contributed by atoms with Gasteiger partial charge in [0.1, 0.15) is 0 Å². The summed E-state index contributed by atoms with van der Waals surface area (Å²) in [7, 11) is 0. The molecule has 0 radical (unpaired) electrons. The Morgan fingerprint density at radius 2 is 1.88 bits per heavy atom. The number of nitrogens with one attached hydrogen (secondary N) is 1. The van der Waals surface area contributed by atoms with Crippen molar-refractivity contribution in [1.29, 1.82) is 0 Å². The molecule has 2 atom stereocenters. The Labute approximate surface area is 103 Å². The van der Waals surface area contributed by atoms with E-state index < -0.39 is 6.04 Å². The summed E-state index contributed by atoms with van der Waals surface area (Å²) in [5.41, 5.74) is 6.86. The van der Waals surface area contributed by atoms with E-state index in [1.807, 2.05) is 37.3 Å². The fraction of sp³-hybridized carbons (Fsp3) is 0.500. The van der Waals surface area contributed by atoms with Crippen LogP contribution in [0.15, 0.2) is 30.3 Å². The highest BCUT2D eigenvalue weighted by atomic mass is 16.2. The number of benzene rings is 1. The van der Waals surface area contributed by atoms with Gasteiger partial charge in [0.2, 0.25) is 5.91 Å². The van der Waals surface area contributed by atoms with Gasteiger partial charge in [-0.3, -0.25) is 4.79 Å². The molecule has 3 N–H and O–H groups in total. The highest BCUT2D eigenvalue weighted by Gasteiger charge is 2.20. The summed E-state index contributed by atoms with van der Waals surface area (Å²) in [5.74, 6) is 0.264. The van der Waals surface area contributed by atoms with Crippen molar-refractivity contribution in [1.82, 2.24) is 5.32 Å². The summed E-state index contributed by atoms with van der Waals surface area (Å²) in [6.07, 6.45) is 0.658. The zero-order chi connectivity index (χ0) is 12.8. The number of carbonyl (C=O) groups excluding carboxylic acids is 1. The third-order valence-electron chi connectivity index (χ3n) is 2.90. The predicted octanol–water partition coefficient (Wildman–Crippen LogP) is 2.24. The number of rotatable bonds is 5. The van der Waals surface area contributed by atoms with E-state index >= 15 is 0 Å². The van der Waals surface area contributed by atoms with Crippen molar-refractivity contribution in [3.05, 3.63) is 35.9 Å². The molecule has 0 saturated carbocycles. The lowest BCUT2D eigenvalue weighted by Gasteiger charge is -2.24. The lowest BCUT2D eigenvalue weighted by molar-refractivity contribution is -0.123. The SMILES string of the molecule is CCC(N)C(=O)NC(c1ccccc1)C(C)C. The van der Waals surface area contributed by atoms with Crippen LogP contribution in [0.1, 0.15) is 38.8 Å². The molecule has 17 heavy (non-hydrogen) atoms. The molecule has 1 aromatic rings. The first-order valence-corrected chi connectivity index (χ1v) is 6.17. The Bertz CT molecular complexity index is 348. The Hall–Kier alpha value is -1.35. The van der Waals surface area contributed by atoms with Crippen LogP contribution in [0.4, 0.5) is 0 Å².